The van der Waals surface area contributed by atoms with E-state index in [-0.39, 0.29) is 0 Å². The van der Waals surface area contributed by atoms with Crippen LogP contribution in [-0.2, 0) is 4.74 Å². The van der Waals surface area contributed by atoms with E-state index in [1.165, 1.54) is 10.8 Å². The van der Waals surface area contributed by atoms with Crippen LogP contribution in [0, 0.1) is 0 Å². The Bertz CT molecular complexity index is 720. The fourth-order valence-corrected chi connectivity index (χ4v) is 2.12. The fourth-order valence-electron chi connectivity index (χ4n) is 1.87. The molecule has 2 heterocycles. The third-order valence-electron chi connectivity index (χ3n) is 2.75. The molecule has 1 N–H and O–H groups in total. The summed E-state index contributed by atoms with van der Waals surface area (Å²) in [6.07, 6.45) is 9.87. The summed E-state index contributed by atoms with van der Waals surface area (Å²) in [5.41, 5.74) is 1.02. The van der Waals surface area contributed by atoms with Gasteiger partial charge in [-0.15, -0.1) is 0 Å². The standard InChI is InChI=1S/C13H11ClN4O2/c14-11-6-9(7-18-12(11)15-8-16-18)17-13(19)20-10-4-2-1-3-5-10/h2,4-8H,1,3H2,(H,17,19). The predicted molar refractivity (Wildman–Crippen MR) is 74.6 cm³/mol. The van der Waals surface area contributed by atoms with Crippen molar-refractivity contribution in [2.45, 2.75) is 12.8 Å². The summed E-state index contributed by atoms with van der Waals surface area (Å²) in [5.74, 6) is 0.543. The van der Waals surface area contributed by atoms with E-state index >= 15 is 0 Å². The Morgan fingerprint density at radius 1 is 1.45 bits per heavy atom. The lowest BCUT2D eigenvalue weighted by Crippen LogP contribution is -2.14. The average Bonchev–Trinajstić information content (AvgIpc) is 2.88. The van der Waals surface area contributed by atoms with Gasteiger partial charge in [-0.2, -0.15) is 5.10 Å². The number of carbonyl (C=O) groups excluding carboxylic acids is 1. The Morgan fingerprint density at radius 2 is 2.35 bits per heavy atom. The second-order valence-electron chi connectivity index (χ2n) is 4.21. The molecule has 6 nitrogen and oxygen atoms in total. The number of hydrogen-bond acceptors (Lipinski definition) is 4. The van der Waals surface area contributed by atoms with Crippen LogP contribution in [0.25, 0.3) is 5.65 Å². The van der Waals surface area contributed by atoms with Crippen LogP contribution < -0.4 is 5.32 Å². The molecule has 1 aliphatic carbocycles. The number of nitrogens with zero attached hydrogens (tertiary/aromatic N) is 3. The average molecular weight is 291 g/mol. The van der Waals surface area contributed by atoms with Gasteiger partial charge in [0.25, 0.3) is 0 Å². The van der Waals surface area contributed by atoms with Crippen molar-refractivity contribution in [3.63, 3.8) is 0 Å². The SMILES string of the molecule is O=C(Nc1cc(Cl)c2ncnn2c1)OC1=CCCC=C1. The summed E-state index contributed by atoms with van der Waals surface area (Å²) in [6, 6.07) is 1.60. The number of rotatable bonds is 2. The first-order valence-corrected chi connectivity index (χ1v) is 6.44. The van der Waals surface area contributed by atoms with Gasteiger partial charge in [0.2, 0.25) is 0 Å². The highest BCUT2D eigenvalue weighted by molar-refractivity contribution is 6.33. The Kier molecular flexibility index (Phi) is 3.39. The van der Waals surface area contributed by atoms with Crippen LogP contribution in [0.4, 0.5) is 10.5 Å². The van der Waals surface area contributed by atoms with Gasteiger partial charge >= 0.3 is 6.09 Å². The molecule has 0 radical (unpaired) electrons. The Labute approximate surface area is 119 Å². The molecule has 0 saturated heterocycles. The molecule has 20 heavy (non-hydrogen) atoms. The first-order chi connectivity index (χ1) is 9.72. The minimum absolute atomic E-state index is 0.400. The first-order valence-electron chi connectivity index (χ1n) is 6.07. The van der Waals surface area contributed by atoms with E-state index in [4.69, 9.17) is 16.3 Å². The second kappa shape index (κ2) is 5.34. The van der Waals surface area contributed by atoms with E-state index in [0.29, 0.717) is 22.1 Å². The third kappa shape index (κ3) is 2.65. The molecule has 0 saturated carbocycles. The molecule has 7 heteroatoms. The van der Waals surface area contributed by atoms with Crippen LogP contribution in [0.5, 0.6) is 0 Å². The summed E-state index contributed by atoms with van der Waals surface area (Å²) < 4.78 is 6.65. The second-order valence-corrected chi connectivity index (χ2v) is 4.61. The van der Waals surface area contributed by atoms with Gasteiger partial charge in [0.05, 0.1) is 16.9 Å². The summed E-state index contributed by atoms with van der Waals surface area (Å²) in [5, 5.41) is 6.97. The minimum atomic E-state index is -0.571. The van der Waals surface area contributed by atoms with Gasteiger partial charge in [0.1, 0.15) is 12.1 Å². The molecule has 2 aromatic heterocycles. The molecule has 102 valence electrons. The predicted octanol–water partition coefficient (Wildman–Crippen LogP) is 3.17. The molecule has 2 aromatic rings. The summed E-state index contributed by atoms with van der Waals surface area (Å²) in [6.45, 7) is 0. The van der Waals surface area contributed by atoms with E-state index in [9.17, 15) is 4.79 Å². The van der Waals surface area contributed by atoms with Crippen LogP contribution in [0.1, 0.15) is 12.8 Å². The normalized spacial score (nSPS) is 14.2. The number of fused-ring (bicyclic) bond motifs is 1. The van der Waals surface area contributed by atoms with Crippen molar-refractivity contribution < 1.29 is 9.53 Å². The Hall–Kier alpha value is -2.34. The monoisotopic (exact) mass is 290 g/mol. The zero-order valence-electron chi connectivity index (χ0n) is 10.4. The van der Waals surface area contributed by atoms with E-state index in [1.807, 2.05) is 12.2 Å². The molecular weight excluding hydrogens is 280 g/mol. The summed E-state index contributed by atoms with van der Waals surface area (Å²) in [4.78, 5) is 15.8. The number of allylic oxidation sites excluding steroid dienone is 3. The van der Waals surface area contributed by atoms with Gasteiger partial charge in [-0.3, -0.25) is 5.32 Å². The number of ether oxygens (including phenoxy) is 1. The number of nitrogens with one attached hydrogen (secondary N) is 1. The van der Waals surface area contributed by atoms with E-state index in [1.54, 1.807) is 18.3 Å². The smallest absolute Gasteiger partial charge is 0.410 e. The number of hydrogen-bond donors (Lipinski definition) is 1. The van der Waals surface area contributed by atoms with Crippen LogP contribution in [-0.4, -0.2) is 20.7 Å². The molecule has 3 rings (SSSR count). The largest absolute Gasteiger partial charge is 0.417 e. The molecule has 0 spiro atoms. The molecule has 0 fully saturated rings. The van der Waals surface area contributed by atoms with Crippen molar-refractivity contribution in [2.75, 3.05) is 5.32 Å². The van der Waals surface area contributed by atoms with Gasteiger partial charge < -0.3 is 4.74 Å². The highest BCUT2D eigenvalue weighted by atomic mass is 35.5. The van der Waals surface area contributed by atoms with Crippen molar-refractivity contribution in [2.24, 2.45) is 0 Å². The third-order valence-corrected chi connectivity index (χ3v) is 3.03. The summed E-state index contributed by atoms with van der Waals surface area (Å²) >= 11 is 6.04. The Balaban J connectivity index is 1.73. The van der Waals surface area contributed by atoms with Crippen molar-refractivity contribution >= 4 is 29.0 Å². The van der Waals surface area contributed by atoms with Gasteiger partial charge in [-0.05, 0) is 31.1 Å². The van der Waals surface area contributed by atoms with Crippen molar-refractivity contribution in [3.8, 4) is 0 Å². The van der Waals surface area contributed by atoms with Crippen LogP contribution in [0.2, 0.25) is 5.02 Å². The number of aromatic nitrogens is 3. The van der Waals surface area contributed by atoms with Gasteiger partial charge in [-0.1, -0.05) is 17.7 Å². The maximum atomic E-state index is 11.8. The molecule has 1 amide bonds. The number of amides is 1. The number of anilines is 1. The molecule has 0 unspecified atom stereocenters. The van der Waals surface area contributed by atoms with Crippen molar-refractivity contribution in [3.05, 3.63) is 47.6 Å². The minimum Gasteiger partial charge on any atom is -0.410 e. The fraction of sp³-hybridized carbons (Fsp3) is 0.154. The zero-order valence-corrected chi connectivity index (χ0v) is 11.2. The van der Waals surface area contributed by atoms with Gasteiger partial charge in [0, 0.05) is 0 Å². The molecule has 0 aliphatic heterocycles. The van der Waals surface area contributed by atoms with Crippen molar-refractivity contribution in [1.29, 1.82) is 0 Å². The van der Waals surface area contributed by atoms with E-state index in [2.05, 4.69) is 15.4 Å². The molecule has 0 atom stereocenters. The quantitative estimate of drug-likeness (QED) is 0.922. The zero-order chi connectivity index (χ0) is 13.9. The van der Waals surface area contributed by atoms with Crippen molar-refractivity contribution in [1.82, 2.24) is 14.6 Å². The number of pyridine rings is 1. The molecular formula is C13H11ClN4O2. The summed E-state index contributed by atoms with van der Waals surface area (Å²) in [7, 11) is 0. The van der Waals surface area contributed by atoms with Crippen LogP contribution >= 0.6 is 11.6 Å². The molecule has 0 aromatic carbocycles. The van der Waals surface area contributed by atoms with Crippen LogP contribution in [0.15, 0.2) is 42.6 Å². The molecule has 1 aliphatic rings. The molecule has 0 bridgehead atoms. The lowest BCUT2D eigenvalue weighted by atomic mass is 10.2. The number of carbonyl (C=O) groups is 1. The van der Waals surface area contributed by atoms with E-state index < -0.39 is 6.09 Å². The Morgan fingerprint density at radius 3 is 3.15 bits per heavy atom. The maximum absolute atomic E-state index is 11.8. The lowest BCUT2D eigenvalue weighted by Gasteiger charge is -2.09. The van der Waals surface area contributed by atoms with Gasteiger partial charge in [-0.25, -0.2) is 14.3 Å². The first kappa shape index (κ1) is 12.7. The topological polar surface area (TPSA) is 68.5 Å². The lowest BCUT2D eigenvalue weighted by molar-refractivity contribution is 0.194. The van der Waals surface area contributed by atoms with Gasteiger partial charge in [0.15, 0.2) is 5.65 Å². The maximum Gasteiger partial charge on any atom is 0.417 e. The highest BCUT2D eigenvalue weighted by Gasteiger charge is 2.10. The van der Waals surface area contributed by atoms with E-state index in [0.717, 1.165) is 12.8 Å². The number of halogens is 1. The van der Waals surface area contributed by atoms with Crippen LogP contribution in [0.3, 0.4) is 0 Å². The highest BCUT2D eigenvalue weighted by Crippen LogP contribution is 2.20.